The maximum Gasteiger partial charge on any atom is 0.270 e. The summed E-state index contributed by atoms with van der Waals surface area (Å²) in [6, 6.07) is 9.97. The Morgan fingerprint density at radius 2 is 2.20 bits per heavy atom. The van der Waals surface area contributed by atoms with Crippen molar-refractivity contribution in [1.82, 2.24) is 20.2 Å². The lowest BCUT2D eigenvalue weighted by Gasteiger charge is -2.23. The lowest BCUT2D eigenvalue weighted by atomic mass is 10.1. The molecule has 20 heavy (non-hydrogen) atoms. The van der Waals surface area contributed by atoms with Crippen LogP contribution in [0.25, 0.3) is 5.69 Å². The van der Waals surface area contributed by atoms with Gasteiger partial charge in [-0.25, -0.2) is 4.98 Å². The summed E-state index contributed by atoms with van der Waals surface area (Å²) in [7, 11) is 0. The average molecular weight is 270 g/mol. The summed E-state index contributed by atoms with van der Waals surface area (Å²) < 4.78 is 1.81. The molecule has 0 spiro atoms. The van der Waals surface area contributed by atoms with Crippen LogP contribution in [0.3, 0.4) is 0 Å². The molecule has 0 radical (unpaired) electrons. The highest BCUT2D eigenvalue weighted by Gasteiger charge is 2.19. The maximum atomic E-state index is 12.4. The molecule has 1 aromatic heterocycles. The van der Waals surface area contributed by atoms with Crippen molar-refractivity contribution in [2.45, 2.75) is 18.9 Å². The van der Waals surface area contributed by atoms with Gasteiger partial charge in [-0.15, -0.1) is 0 Å². The van der Waals surface area contributed by atoms with Gasteiger partial charge in [0.25, 0.3) is 5.91 Å². The molecule has 5 nitrogen and oxygen atoms in total. The van der Waals surface area contributed by atoms with Crippen LogP contribution in [0.4, 0.5) is 0 Å². The zero-order valence-electron chi connectivity index (χ0n) is 11.2. The van der Waals surface area contributed by atoms with Gasteiger partial charge >= 0.3 is 0 Å². The van der Waals surface area contributed by atoms with E-state index in [1.807, 2.05) is 34.9 Å². The number of carbonyl (C=O) groups excluding carboxylic acids is 1. The molecule has 0 saturated carbocycles. The second kappa shape index (κ2) is 5.88. The number of amides is 1. The minimum Gasteiger partial charge on any atom is -0.347 e. The zero-order chi connectivity index (χ0) is 13.8. The Morgan fingerprint density at radius 1 is 1.35 bits per heavy atom. The summed E-state index contributed by atoms with van der Waals surface area (Å²) in [4.78, 5) is 16.5. The van der Waals surface area contributed by atoms with Crippen molar-refractivity contribution in [2.75, 3.05) is 13.1 Å². The van der Waals surface area contributed by atoms with Gasteiger partial charge in [-0.05, 0) is 31.5 Å². The van der Waals surface area contributed by atoms with Crippen LogP contribution in [0.1, 0.15) is 23.3 Å². The molecule has 0 aliphatic carbocycles. The molecular weight excluding hydrogens is 252 g/mol. The van der Waals surface area contributed by atoms with Crippen LogP contribution in [0.15, 0.2) is 42.9 Å². The molecule has 1 saturated heterocycles. The Labute approximate surface area is 118 Å². The highest BCUT2D eigenvalue weighted by Crippen LogP contribution is 2.11. The number of nitrogens with zero attached hydrogens (tertiary/aromatic N) is 2. The van der Waals surface area contributed by atoms with Crippen molar-refractivity contribution in [1.29, 1.82) is 0 Å². The first-order chi connectivity index (χ1) is 9.84. The SMILES string of the molecule is O=C(NC1CCCNC1)c1cncn1-c1ccccc1. The minimum atomic E-state index is -0.0694. The summed E-state index contributed by atoms with van der Waals surface area (Å²) >= 11 is 0. The summed E-state index contributed by atoms with van der Waals surface area (Å²) in [5.74, 6) is -0.0694. The fourth-order valence-corrected chi connectivity index (χ4v) is 2.49. The van der Waals surface area contributed by atoms with E-state index in [4.69, 9.17) is 0 Å². The van der Waals surface area contributed by atoms with Crippen LogP contribution in [0, 0.1) is 0 Å². The predicted molar refractivity (Wildman–Crippen MR) is 76.9 cm³/mol. The molecule has 1 atom stereocenters. The second-order valence-corrected chi connectivity index (χ2v) is 5.00. The number of carbonyl (C=O) groups is 1. The predicted octanol–water partition coefficient (Wildman–Crippen LogP) is 1.35. The third-order valence-electron chi connectivity index (χ3n) is 3.54. The Morgan fingerprint density at radius 3 is 2.95 bits per heavy atom. The molecular formula is C15H18N4O. The third-order valence-corrected chi connectivity index (χ3v) is 3.54. The van der Waals surface area contributed by atoms with E-state index >= 15 is 0 Å². The van der Waals surface area contributed by atoms with Crippen molar-refractivity contribution in [3.63, 3.8) is 0 Å². The summed E-state index contributed by atoms with van der Waals surface area (Å²) in [5.41, 5.74) is 1.51. The van der Waals surface area contributed by atoms with E-state index in [0.717, 1.165) is 31.6 Å². The van der Waals surface area contributed by atoms with E-state index in [-0.39, 0.29) is 11.9 Å². The molecule has 1 aliphatic heterocycles. The molecule has 1 fully saturated rings. The second-order valence-electron chi connectivity index (χ2n) is 5.00. The van der Waals surface area contributed by atoms with E-state index in [1.165, 1.54) is 0 Å². The number of nitrogens with one attached hydrogen (secondary N) is 2. The molecule has 0 bridgehead atoms. The average Bonchev–Trinajstić information content (AvgIpc) is 2.99. The number of benzene rings is 1. The van der Waals surface area contributed by atoms with Gasteiger partial charge < -0.3 is 10.6 Å². The van der Waals surface area contributed by atoms with Crippen molar-refractivity contribution >= 4 is 5.91 Å². The van der Waals surface area contributed by atoms with E-state index in [1.54, 1.807) is 12.5 Å². The van der Waals surface area contributed by atoms with Crippen LogP contribution >= 0.6 is 0 Å². The molecule has 2 N–H and O–H groups in total. The molecule has 2 aromatic rings. The van der Waals surface area contributed by atoms with Crippen LogP contribution < -0.4 is 10.6 Å². The fraction of sp³-hybridized carbons (Fsp3) is 0.333. The molecule has 2 heterocycles. The number of imidazole rings is 1. The number of aromatic nitrogens is 2. The lowest BCUT2D eigenvalue weighted by Crippen LogP contribution is -2.45. The quantitative estimate of drug-likeness (QED) is 0.885. The van der Waals surface area contributed by atoms with Crippen LogP contribution in [-0.4, -0.2) is 34.6 Å². The molecule has 1 aromatic carbocycles. The molecule has 3 rings (SSSR count). The van der Waals surface area contributed by atoms with Gasteiger partial charge in [0.15, 0.2) is 0 Å². The highest BCUT2D eigenvalue weighted by atomic mass is 16.2. The standard InChI is InChI=1S/C15H18N4O/c20-15(18-12-5-4-8-16-9-12)14-10-17-11-19(14)13-6-2-1-3-7-13/h1-3,6-7,10-12,16H,4-5,8-9H2,(H,18,20). The van der Waals surface area contributed by atoms with Crippen LogP contribution in [-0.2, 0) is 0 Å². The highest BCUT2D eigenvalue weighted by molar-refractivity contribution is 5.93. The topological polar surface area (TPSA) is 59.0 Å². The van der Waals surface area contributed by atoms with Crippen molar-refractivity contribution < 1.29 is 4.79 Å². The molecule has 1 aliphatic rings. The largest absolute Gasteiger partial charge is 0.347 e. The van der Waals surface area contributed by atoms with E-state index in [0.29, 0.717) is 5.69 Å². The Balaban J connectivity index is 1.77. The normalized spacial score (nSPS) is 18.7. The van der Waals surface area contributed by atoms with Crippen molar-refractivity contribution in [3.8, 4) is 5.69 Å². The van der Waals surface area contributed by atoms with Crippen molar-refractivity contribution in [3.05, 3.63) is 48.5 Å². The first-order valence-electron chi connectivity index (χ1n) is 6.94. The summed E-state index contributed by atoms with van der Waals surface area (Å²) in [6.07, 6.45) is 5.41. The van der Waals surface area contributed by atoms with Crippen LogP contribution in [0.5, 0.6) is 0 Å². The zero-order valence-corrected chi connectivity index (χ0v) is 11.2. The van der Waals surface area contributed by atoms with Gasteiger partial charge in [-0.2, -0.15) is 0 Å². The Hall–Kier alpha value is -2.14. The van der Waals surface area contributed by atoms with Gasteiger partial charge in [-0.3, -0.25) is 9.36 Å². The molecule has 1 amide bonds. The van der Waals surface area contributed by atoms with Gasteiger partial charge in [0.2, 0.25) is 0 Å². The lowest BCUT2D eigenvalue weighted by molar-refractivity contribution is 0.0924. The number of hydrogen-bond donors (Lipinski definition) is 2. The molecule has 5 heteroatoms. The molecule has 104 valence electrons. The van der Waals surface area contributed by atoms with E-state index in [9.17, 15) is 4.79 Å². The Bertz CT molecular complexity index is 573. The van der Waals surface area contributed by atoms with Crippen molar-refractivity contribution in [2.24, 2.45) is 0 Å². The monoisotopic (exact) mass is 270 g/mol. The minimum absolute atomic E-state index is 0.0694. The third kappa shape index (κ3) is 2.72. The molecule has 1 unspecified atom stereocenters. The van der Waals surface area contributed by atoms with Gasteiger partial charge in [0, 0.05) is 18.3 Å². The number of piperidine rings is 1. The summed E-state index contributed by atoms with van der Waals surface area (Å²) in [6.45, 7) is 1.87. The smallest absolute Gasteiger partial charge is 0.270 e. The van der Waals surface area contributed by atoms with Crippen LogP contribution in [0.2, 0.25) is 0 Å². The first kappa shape index (κ1) is 12.9. The maximum absolute atomic E-state index is 12.4. The van der Waals surface area contributed by atoms with E-state index in [2.05, 4.69) is 15.6 Å². The summed E-state index contributed by atoms with van der Waals surface area (Å²) in [5, 5.41) is 6.36. The fourth-order valence-electron chi connectivity index (χ4n) is 2.49. The van der Waals surface area contributed by atoms with Gasteiger partial charge in [0.1, 0.15) is 5.69 Å². The van der Waals surface area contributed by atoms with E-state index < -0.39 is 0 Å². The van der Waals surface area contributed by atoms with Gasteiger partial charge in [0.05, 0.1) is 12.5 Å². The number of para-hydroxylation sites is 1. The first-order valence-corrected chi connectivity index (χ1v) is 6.94. The van der Waals surface area contributed by atoms with Gasteiger partial charge in [-0.1, -0.05) is 18.2 Å². The number of rotatable bonds is 3. The number of hydrogen-bond acceptors (Lipinski definition) is 3. The Kier molecular flexibility index (Phi) is 3.78.